The number of aromatic nitrogens is 1. The first-order valence-electron chi connectivity index (χ1n) is 6.26. The van der Waals surface area contributed by atoms with Crippen LogP contribution in [0.25, 0.3) is 0 Å². The molecule has 4 heteroatoms. The van der Waals surface area contributed by atoms with Crippen molar-refractivity contribution in [3.8, 4) is 0 Å². The summed E-state index contributed by atoms with van der Waals surface area (Å²) in [7, 11) is 1.72. The van der Waals surface area contributed by atoms with Gasteiger partial charge < -0.3 is 15.0 Å². The topological polar surface area (TPSA) is 37.4 Å². The van der Waals surface area contributed by atoms with E-state index in [0.29, 0.717) is 12.6 Å². The molecule has 0 radical (unpaired) electrons. The molecule has 0 amide bonds. The molecule has 1 N–H and O–H groups in total. The van der Waals surface area contributed by atoms with Crippen molar-refractivity contribution in [2.75, 3.05) is 37.0 Å². The van der Waals surface area contributed by atoms with E-state index >= 15 is 0 Å². The minimum absolute atomic E-state index is 0.305. The van der Waals surface area contributed by atoms with Gasteiger partial charge >= 0.3 is 0 Å². The predicted octanol–water partition coefficient (Wildman–Crippen LogP) is 2.13. The number of ether oxygens (including phenoxy) is 1. The first kappa shape index (κ1) is 12.2. The largest absolute Gasteiger partial charge is 0.383 e. The second-order valence-electron chi connectivity index (χ2n) is 4.60. The Morgan fingerprint density at radius 3 is 2.76 bits per heavy atom. The van der Waals surface area contributed by atoms with Crippen LogP contribution < -0.4 is 10.2 Å². The van der Waals surface area contributed by atoms with Crippen LogP contribution in [0.4, 0.5) is 11.5 Å². The Balaban J connectivity index is 1.92. The number of rotatable bonds is 5. The van der Waals surface area contributed by atoms with Gasteiger partial charge in [0.15, 0.2) is 0 Å². The highest BCUT2D eigenvalue weighted by atomic mass is 16.5. The van der Waals surface area contributed by atoms with Crippen LogP contribution in [-0.2, 0) is 4.74 Å². The third-order valence-corrected chi connectivity index (χ3v) is 3.01. The van der Waals surface area contributed by atoms with Crippen molar-refractivity contribution >= 4 is 11.5 Å². The van der Waals surface area contributed by atoms with Crippen LogP contribution >= 0.6 is 0 Å². The molecule has 4 nitrogen and oxygen atoms in total. The molecule has 1 atom stereocenters. The first-order valence-corrected chi connectivity index (χ1v) is 6.26. The smallest absolute Gasteiger partial charge is 0.128 e. The average Bonchev–Trinajstić information content (AvgIpc) is 2.84. The van der Waals surface area contributed by atoms with E-state index in [-0.39, 0.29) is 0 Å². The summed E-state index contributed by atoms with van der Waals surface area (Å²) in [5.41, 5.74) is 1.05. The Morgan fingerprint density at radius 1 is 1.41 bits per heavy atom. The molecular formula is C13H21N3O. The molecule has 1 aliphatic heterocycles. The quantitative estimate of drug-likeness (QED) is 0.848. The Bertz CT molecular complexity index is 333. The number of hydrogen-bond acceptors (Lipinski definition) is 4. The van der Waals surface area contributed by atoms with Crippen molar-refractivity contribution in [3.63, 3.8) is 0 Å². The van der Waals surface area contributed by atoms with Gasteiger partial charge in [0.1, 0.15) is 5.82 Å². The lowest BCUT2D eigenvalue weighted by atomic mass is 10.3. The van der Waals surface area contributed by atoms with Crippen molar-refractivity contribution in [2.24, 2.45) is 0 Å². The first-order chi connectivity index (χ1) is 8.29. The molecule has 1 aromatic heterocycles. The third-order valence-electron chi connectivity index (χ3n) is 3.01. The molecule has 0 aliphatic carbocycles. The number of hydrogen-bond donors (Lipinski definition) is 1. The van der Waals surface area contributed by atoms with Crippen LogP contribution in [0.2, 0.25) is 0 Å². The summed E-state index contributed by atoms with van der Waals surface area (Å²) < 4.78 is 5.09. The van der Waals surface area contributed by atoms with Gasteiger partial charge in [0.05, 0.1) is 18.5 Å². The van der Waals surface area contributed by atoms with Crippen molar-refractivity contribution in [1.82, 2.24) is 4.98 Å². The van der Waals surface area contributed by atoms with Crippen LogP contribution in [-0.4, -0.2) is 37.8 Å². The van der Waals surface area contributed by atoms with Crippen LogP contribution in [0.5, 0.6) is 0 Å². The predicted molar refractivity (Wildman–Crippen MR) is 70.6 cm³/mol. The van der Waals surface area contributed by atoms with Gasteiger partial charge in [-0.25, -0.2) is 4.98 Å². The van der Waals surface area contributed by atoms with Gasteiger partial charge in [-0.1, -0.05) is 0 Å². The Kier molecular flexibility index (Phi) is 4.20. The molecule has 0 spiro atoms. The van der Waals surface area contributed by atoms with Gasteiger partial charge in [-0.3, -0.25) is 0 Å². The van der Waals surface area contributed by atoms with Crippen molar-refractivity contribution in [2.45, 2.75) is 25.8 Å². The average molecular weight is 235 g/mol. The highest BCUT2D eigenvalue weighted by Gasteiger charge is 2.13. The van der Waals surface area contributed by atoms with E-state index in [1.807, 2.05) is 6.20 Å². The second-order valence-corrected chi connectivity index (χ2v) is 4.60. The van der Waals surface area contributed by atoms with Crippen LogP contribution in [0.15, 0.2) is 18.3 Å². The second kappa shape index (κ2) is 5.87. The maximum Gasteiger partial charge on any atom is 0.128 e. The van der Waals surface area contributed by atoms with Gasteiger partial charge in [0.25, 0.3) is 0 Å². The highest BCUT2D eigenvalue weighted by molar-refractivity contribution is 5.49. The van der Waals surface area contributed by atoms with Gasteiger partial charge in [0.2, 0.25) is 0 Å². The number of nitrogens with zero attached hydrogens (tertiary/aromatic N) is 2. The molecule has 0 saturated carbocycles. The fourth-order valence-corrected chi connectivity index (χ4v) is 2.18. The summed E-state index contributed by atoms with van der Waals surface area (Å²) >= 11 is 0. The summed E-state index contributed by atoms with van der Waals surface area (Å²) in [6, 6.07) is 4.49. The molecule has 94 valence electrons. The van der Waals surface area contributed by atoms with E-state index in [0.717, 1.165) is 24.6 Å². The molecule has 2 heterocycles. The minimum Gasteiger partial charge on any atom is -0.383 e. The van der Waals surface area contributed by atoms with E-state index in [4.69, 9.17) is 4.74 Å². The van der Waals surface area contributed by atoms with E-state index in [2.05, 4.69) is 34.3 Å². The SMILES string of the molecule is COCC(C)Nc1ccc(N2CCCC2)nc1. The number of pyridine rings is 1. The molecule has 1 saturated heterocycles. The van der Waals surface area contributed by atoms with Gasteiger partial charge in [-0.2, -0.15) is 0 Å². The maximum absolute atomic E-state index is 5.09. The van der Waals surface area contributed by atoms with E-state index in [9.17, 15) is 0 Å². The normalized spacial score (nSPS) is 17.2. The highest BCUT2D eigenvalue weighted by Crippen LogP contribution is 2.19. The van der Waals surface area contributed by atoms with E-state index in [1.54, 1.807) is 7.11 Å². The maximum atomic E-state index is 5.09. The Morgan fingerprint density at radius 2 is 2.18 bits per heavy atom. The molecule has 1 unspecified atom stereocenters. The third kappa shape index (κ3) is 3.33. The zero-order valence-corrected chi connectivity index (χ0v) is 10.6. The standard InChI is InChI=1S/C13H21N3O/c1-11(10-17-2)15-12-5-6-13(14-9-12)16-7-3-4-8-16/h5-6,9,11,15H,3-4,7-8,10H2,1-2H3. The van der Waals surface area contributed by atoms with Crippen LogP contribution in [0.1, 0.15) is 19.8 Å². The lowest BCUT2D eigenvalue weighted by Gasteiger charge is -2.18. The number of nitrogens with one attached hydrogen (secondary N) is 1. The zero-order valence-electron chi connectivity index (χ0n) is 10.6. The van der Waals surface area contributed by atoms with Gasteiger partial charge in [-0.05, 0) is 31.9 Å². The van der Waals surface area contributed by atoms with Gasteiger partial charge in [0, 0.05) is 26.2 Å². The molecule has 0 bridgehead atoms. The molecule has 2 rings (SSSR count). The van der Waals surface area contributed by atoms with Crippen molar-refractivity contribution in [1.29, 1.82) is 0 Å². The molecule has 1 fully saturated rings. The Hall–Kier alpha value is -1.29. The molecule has 17 heavy (non-hydrogen) atoms. The molecule has 1 aromatic rings. The monoisotopic (exact) mass is 235 g/mol. The molecular weight excluding hydrogens is 214 g/mol. The summed E-state index contributed by atoms with van der Waals surface area (Å²) in [5.74, 6) is 1.09. The number of methoxy groups -OCH3 is 1. The van der Waals surface area contributed by atoms with Crippen molar-refractivity contribution < 1.29 is 4.74 Å². The van der Waals surface area contributed by atoms with Crippen molar-refractivity contribution in [3.05, 3.63) is 18.3 Å². The number of anilines is 2. The van der Waals surface area contributed by atoms with Crippen LogP contribution in [0.3, 0.4) is 0 Å². The zero-order chi connectivity index (χ0) is 12.1. The van der Waals surface area contributed by atoms with Gasteiger partial charge in [-0.15, -0.1) is 0 Å². The minimum atomic E-state index is 0.305. The van der Waals surface area contributed by atoms with E-state index < -0.39 is 0 Å². The fraction of sp³-hybridized carbons (Fsp3) is 0.615. The lowest BCUT2D eigenvalue weighted by molar-refractivity contribution is 0.190. The molecule has 0 aromatic carbocycles. The molecule has 1 aliphatic rings. The lowest BCUT2D eigenvalue weighted by Crippen LogP contribution is -2.21. The summed E-state index contributed by atoms with van der Waals surface area (Å²) in [4.78, 5) is 6.83. The summed E-state index contributed by atoms with van der Waals surface area (Å²) in [5, 5.41) is 3.35. The summed E-state index contributed by atoms with van der Waals surface area (Å²) in [6.07, 6.45) is 4.47. The van der Waals surface area contributed by atoms with Crippen LogP contribution in [0, 0.1) is 0 Å². The summed E-state index contributed by atoms with van der Waals surface area (Å²) in [6.45, 7) is 5.07. The Labute approximate surface area is 103 Å². The van der Waals surface area contributed by atoms with E-state index in [1.165, 1.54) is 12.8 Å². The fourth-order valence-electron chi connectivity index (χ4n) is 2.18.